The third-order valence-electron chi connectivity index (χ3n) is 3.47. The van der Waals surface area contributed by atoms with Crippen LogP contribution in [-0.2, 0) is 14.8 Å². The van der Waals surface area contributed by atoms with Gasteiger partial charge in [-0.2, -0.15) is 4.39 Å². The molecule has 0 aromatic heterocycles. The summed E-state index contributed by atoms with van der Waals surface area (Å²) in [6.07, 6.45) is 1.93. The van der Waals surface area contributed by atoms with Crippen LogP contribution in [0.1, 0.15) is 19.3 Å². The Labute approximate surface area is 121 Å². The number of hydrogen-bond acceptors (Lipinski definition) is 5. The van der Waals surface area contributed by atoms with E-state index in [9.17, 15) is 22.9 Å². The van der Waals surface area contributed by atoms with Crippen LogP contribution in [0.5, 0.6) is 0 Å². The number of nitro benzene ring substituents is 1. The van der Waals surface area contributed by atoms with E-state index in [4.69, 9.17) is 4.74 Å². The molecule has 1 aliphatic carbocycles. The lowest BCUT2D eigenvalue weighted by atomic mass is 10.3. The number of nitrogens with zero attached hydrogens (tertiary/aromatic N) is 1. The molecule has 2 unspecified atom stereocenters. The highest BCUT2D eigenvalue weighted by molar-refractivity contribution is 7.89. The molecule has 0 bridgehead atoms. The summed E-state index contributed by atoms with van der Waals surface area (Å²) < 4.78 is 45.4. The van der Waals surface area contributed by atoms with Crippen molar-refractivity contribution in [3.05, 3.63) is 34.1 Å². The molecule has 0 radical (unpaired) electrons. The largest absolute Gasteiger partial charge is 0.381 e. The molecule has 0 spiro atoms. The van der Waals surface area contributed by atoms with Crippen molar-refractivity contribution < 1.29 is 22.5 Å². The number of nitro groups is 1. The standard InChI is InChI=1S/C12H15FN2O5S/c1-20-9-3-2-8(6-9)14-21(18,19)10-4-5-12(15(16)17)11(13)7-10/h4-5,7-9,14H,2-3,6H2,1H3. The number of hydrogen-bond donors (Lipinski definition) is 1. The Kier molecular flexibility index (Phi) is 4.55. The Balaban J connectivity index is 2.16. The lowest BCUT2D eigenvalue weighted by Gasteiger charge is -2.13. The van der Waals surface area contributed by atoms with Gasteiger partial charge in [0, 0.05) is 25.3 Å². The van der Waals surface area contributed by atoms with Crippen LogP contribution < -0.4 is 4.72 Å². The average molecular weight is 318 g/mol. The normalized spacial score (nSPS) is 22.4. The lowest BCUT2D eigenvalue weighted by Crippen LogP contribution is -2.33. The van der Waals surface area contributed by atoms with E-state index in [0.717, 1.165) is 18.6 Å². The molecule has 1 aliphatic rings. The minimum atomic E-state index is -3.91. The third kappa shape index (κ3) is 3.55. The second kappa shape index (κ2) is 6.04. The van der Waals surface area contributed by atoms with Crippen molar-refractivity contribution >= 4 is 15.7 Å². The highest BCUT2D eigenvalue weighted by Gasteiger charge is 2.29. The number of rotatable bonds is 5. The number of benzene rings is 1. The summed E-state index contributed by atoms with van der Waals surface area (Å²) in [6, 6.07) is 2.24. The maximum absolute atomic E-state index is 13.5. The summed E-state index contributed by atoms with van der Waals surface area (Å²) in [7, 11) is -2.35. The van der Waals surface area contributed by atoms with Gasteiger partial charge in [-0.15, -0.1) is 0 Å². The van der Waals surface area contributed by atoms with E-state index in [1.165, 1.54) is 0 Å². The quantitative estimate of drug-likeness (QED) is 0.656. The second-order valence-corrected chi connectivity index (χ2v) is 6.57. The molecule has 1 fully saturated rings. The summed E-state index contributed by atoms with van der Waals surface area (Å²) in [4.78, 5) is 9.29. The second-order valence-electron chi connectivity index (χ2n) is 4.86. The molecule has 1 aromatic rings. The molecule has 1 N–H and O–H groups in total. The molecule has 0 heterocycles. The maximum atomic E-state index is 13.5. The monoisotopic (exact) mass is 318 g/mol. The van der Waals surface area contributed by atoms with Gasteiger partial charge in [0.1, 0.15) is 0 Å². The molecule has 116 valence electrons. The average Bonchev–Trinajstić information content (AvgIpc) is 2.85. The molecule has 1 aromatic carbocycles. The zero-order chi connectivity index (χ0) is 15.6. The Morgan fingerprint density at radius 1 is 1.43 bits per heavy atom. The summed E-state index contributed by atoms with van der Waals surface area (Å²) >= 11 is 0. The first-order valence-electron chi connectivity index (χ1n) is 6.32. The number of nitrogens with one attached hydrogen (secondary N) is 1. The van der Waals surface area contributed by atoms with Crippen molar-refractivity contribution in [2.24, 2.45) is 0 Å². The van der Waals surface area contributed by atoms with Crippen LogP contribution in [0.25, 0.3) is 0 Å². The van der Waals surface area contributed by atoms with Crippen molar-refractivity contribution in [2.75, 3.05) is 7.11 Å². The van der Waals surface area contributed by atoms with Gasteiger partial charge >= 0.3 is 5.69 Å². The van der Waals surface area contributed by atoms with E-state index >= 15 is 0 Å². The van der Waals surface area contributed by atoms with Crippen LogP contribution in [0.15, 0.2) is 23.1 Å². The maximum Gasteiger partial charge on any atom is 0.304 e. The van der Waals surface area contributed by atoms with Crippen molar-refractivity contribution in [1.29, 1.82) is 0 Å². The highest BCUT2D eigenvalue weighted by Crippen LogP contribution is 2.25. The molecule has 2 rings (SSSR count). The topological polar surface area (TPSA) is 98.5 Å². The van der Waals surface area contributed by atoms with Gasteiger partial charge in [0.05, 0.1) is 15.9 Å². The first-order chi connectivity index (χ1) is 9.83. The molecule has 0 amide bonds. The smallest absolute Gasteiger partial charge is 0.304 e. The molecular formula is C12H15FN2O5S. The fourth-order valence-electron chi connectivity index (χ4n) is 2.35. The molecular weight excluding hydrogens is 303 g/mol. The fraction of sp³-hybridized carbons (Fsp3) is 0.500. The SMILES string of the molecule is COC1CCC(NS(=O)(=O)c2ccc([N+](=O)[O-])c(F)c2)C1. The van der Waals surface area contributed by atoms with Crippen LogP contribution in [0, 0.1) is 15.9 Å². The number of sulfonamides is 1. The van der Waals surface area contributed by atoms with Gasteiger partial charge in [-0.1, -0.05) is 0 Å². The minimum Gasteiger partial charge on any atom is -0.381 e. The van der Waals surface area contributed by atoms with Gasteiger partial charge in [0.15, 0.2) is 0 Å². The van der Waals surface area contributed by atoms with Gasteiger partial charge in [-0.3, -0.25) is 10.1 Å². The molecule has 0 saturated heterocycles. The zero-order valence-electron chi connectivity index (χ0n) is 11.3. The first-order valence-corrected chi connectivity index (χ1v) is 7.81. The van der Waals surface area contributed by atoms with E-state index in [0.29, 0.717) is 18.9 Å². The molecule has 9 heteroatoms. The van der Waals surface area contributed by atoms with Crippen LogP contribution in [0.4, 0.5) is 10.1 Å². The molecule has 0 aliphatic heterocycles. The highest BCUT2D eigenvalue weighted by atomic mass is 32.2. The van der Waals surface area contributed by atoms with Crippen molar-refractivity contribution in [3.8, 4) is 0 Å². The fourth-order valence-corrected chi connectivity index (χ4v) is 3.65. The van der Waals surface area contributed by atoms with Gasteiger partial charge in [-0.05, 0) is 25.3 Å². The van der Waals surface area contributed by atoms with Crippen molar-refractivity contribution in [1.82, 2.24) is 4.72 Å². The summed E-state index contributed by atoms with van der Waals surface area (Å²) in [5.74, 6) is -1.18. The van der Waals surface area contributed by atoms with Crippen molar-refractivity contribution in [2.45, 2.75) is 36.3 Å². The van der Waals surface area contributed by atoms with E-state index in [-0.39, 0.29) is 17.0 Å². The van der Waals surface area contributed by atoms with Crippen LogP contribution >= 0.6 is 0 Å². The van der Waals surface area contributed by atoms with Crippen molar-refractivity contribution in [3.63, 3.8) is 0 Å². The summed E-state index contributed by atoms with van der Waals surface area (Å²) in [5.41, 5.74) is -0.755. The van der Waals surface area contributed by atoms with Gasteiger partial charge in [0.2, 0.25) is 15.8 Å². The molecule has 7 nitrogen and oxygen atoms in total. The predicted octanol–water partition coefficient (Wildman–Crippen LogP) is 1.58. The third-order valence-corrected chi connectivity index (χ3v) is 4.98. The van der Waals surface area contributed by atoms with E-state index < -0.39 is 26.5 Å². The van der Waals surface area contributed by atoms with Crippen LogP contribution in [-0.4, -0.2) is 32.6 Å². The first kappa shape index (κ1) is 15.8. The van der Waals surface area contributed by atoms with Gasteiger partial charge in [0.25, 0.3) is 0 Å². The van der Waals surface area contributed by atoms with E-state index in [1.54, 1.807) is 7.11 Å². The summed E-state index contributed by atoms with van der Waals surface area (Å²) in [5, 5.41) is 10.5. The number of halogens is 1. The minimum absolute atomic E-state index is 0.00583. The van der Waals surface area contributed by atoms with Crippen LogP contribution in [0.2, 0.25) is 0 Å². The number of ether oxygens (including phenoxy) is 1. The molecule has 1 saturated carbocycles. The van der Waals surface area contributed by atoms with Crippen LogP contribution in [0.3, 0.4) is 0 Å². The Bertz CT molecular complexity index is 649. The van der Waals surface area contributed by atoms with Gasteiger partial charge < -0.3 is 4.74 Å². The Hall–Kier alpha value is -1.58. The lowest BCUT2D eigenvalue weighted by molar-refractivity contribution is -0.387. The Morgan fingerprint density at radius 2 is 2.14 bits per heavy atom. The summed E-state index contributed by atoms with van der Waals surface area (Å²) in [6.45, 7) is 0. The Morgan fingerprint density at radius 3 is 2.67 bits per heavy atom. The van der Waals surface area contributed by atoms with E-state index in [1.807, 2.05) is 0 Å². The molecule has 21 heavy (non-hydrogen) atoms. The predicted molar refractivity (Wildman–Crippen MR) is 71.8 cm³/mol. The van der Waals surface area contributed by atoms with Gasteiger partial charge in [-0.25, -0.2) is 13.1 Å². The van der Waals surface area contributed by atoms with E-state index in [2.05, 4.69) is 4.72 Å². The number of methoxy groups -OCH3 is 1. The zero-order valence-corrected chi connectivity index (χ0v) is 12.1. The molecule has 2 atom stereocenters.